The molecule has 1 atom stereocenters. The summed E-state index contributed by atoms with van der Waals surface area (Å²) in [4.78, 5) is 29.6. The van der Waals surface area contributed by atoms with Crippen LogP contribution in [0.3, 0.4) is 0 Å². The molecule has 1 fully saturated rings. The third-order valence-corrected chi connectivity index (χ3v) is 4.31. The Bertz CT molecular complexity index is 435. The molecule has 0 radical (unpaired) electrons. The van der Waals surface area contributed by atoms with Crippen LogP contribution >= 0.6 is 0 Å². The maximum absolute atomic E-state index is 12.3. The van der Waals surface area contributed by atoms with Gasteiger partial charge >= 0.3 is 0 Å². The Kier molecular flexibility index (Phi) is 7.72. The van der Waals surface area contributed by atoms with Crippen molar-refractivity contribution >= 4 is 11.8 Å². The topological polar surface area (TPSA) is 53.1 Å². The fraction of sp³-hybridized carbons (Fsp3) is 0.765. The molecule has 0 N–H and O–H groups in total. The van der Waals surface area contributed by atoms with Gasteiger partial charge in [0.2, 0.25) is 11.8 Å². The molecular formula is C17H31N3O3. The zero-order chi connectivity index (χ0) is 17.5. The molecule has 0 unspecified atom stereocenters. The van der Waals surface area contributed by atoms with E-state index in [4.69, 9.17) is 4.74 Å². The number of amides is 2. The number of carbonyl (C=O) groups is 2. The fourth-order valence-corrected chi connectivity index (χ4v) is 2.79. The van der Waals surface area contributed by atoms with Crippen molar-refractivity contribution in [2.75, 3.05) is 54.9 Å². The zero-order valence-electron chi connectivity index (χ0n) is 15.2. The summed E-state index contributed by atoms with van der Waals surface area (Å²) in [6, 6.07) is 0. The first-order valence-electron chi connectivity index (χ1n) is 8.15. The van der Waals surface area contributed by atoms with Crippen molar-refractivity contribution in [3.05, 3.63) is 12.2 Å². The molecule has 1 aliphatic rings. The Morgan fingerprint density at radius 2 is 1.96 bits per heavy atom. The minimum absolute atomic E-state index is 0.0203. The molecule has 6 heteroatoms. The number of ether oxygens (including phenoxy) is 1. The van der Waals surface area contributed by atoms with Crippen LogP contribution < -0.4 is 0 Å². The first kappa shape index (κ1) is 19.6. The van der Waals surface area contributed by atoms with Crippen molar-refractivity contribution in [3.63, 3.8) is 0 Å². The van der Waals surface area contributed by atoms with E-state index in [9.17, 15) is 9.59 Å². The van der Waals surface area contributed by atoms with Crippen LogP contribution in [0.4, 0.5) is 0 Å². The Balaban J connectivity index is 2.64. The van der Waals surface area contributed by atoms with E-state index in [0.29, 0.717) is 19.4 Å². The van der Waals surface area contributed by atoms with Crippen LogP contribution in [0.1, 0.15) is 25.7 Å². The molecule has 0 aromatic heterocycles. The predicted octanol–water partition coefficient (Wildman–Crippen LogP) is 0.980. The van der Waals surface area contributed by atoms with E-state index in [0.717, 1.165) is 25.9 Å². The number of hydrogen-bond acceptors (Lipinski definition) is 4. The van der Waals surface area contributed by atoms with Crippen LogP contribution in [0.25, 0.3) is 0 Å². The Hall–Kier alpha value is -1.40. The summed E-state index contributed by atoms with van der Waals surface area (Å²) >= 11 is 0. The number of likely N-dealkylation sites (tertiary alicyclic amines) is 1. The lowest BCUT2D eigenvalue weighted by Crippen LogP contribution is -2.51. The summed E-state index contributed by atoms with van der Waals surface area (Å²) in [6.07, 6.45) is 6.38. The molecule has 0 saturated carbocycles. The molecule has 23 heavy (non-hydrogen) atoms. The molecule has 2 amide bonds. The fourth-order valence-electron chi connectivity index (χ4n) is 2.79. The van der Waals surface area contributed by atoms with Crippen LogP contribution in [0.5, 0.6) is 0 Å². The summed E-state index contributed by atoms with van der Waals surface area (Å²) in [5, 5.41) is 0. The normalized spacial score (nSPS) is 21.9. The molecule has 6 nitrogen and oxygen atoms in total. The molecule has 132 valence electrons. The summed E-state index contributed by atoms with van der Waals surface area (Å²) < 4.78 is 5.74. The van der Waals surface area contributed by atoms with Gasteiger partial charge in [-0.2, -0.15) is 0 Å². The molecule has 0 spiro atoms. The maximum Gasteiger partial charge on any atom is 0.246 e. The van der Waals surface area contributed by atoms with Crippen molar-refractivity contribution in [2.24, 2.45) is 0 Å². The first-order chi connectivity index (χ1) is 10.8. The molecule has 1 rings (SSSR count). The quantitative estimate of drug-likeness (QED) is 0.655. The highest BCUT2D eigenvalue weighted by molar-refractivity contribution is 5.87. The number of methoxy groups -OCH3 is 1. The highest BCUT2D eigenvalue weighted by atomic mass is 16.5. The number of nitrogens with zero attached hydrogens (tertiary/aromatic N) is 3. The van der Waals surface area contributed by atoms with Gasteiger partial charge in [-0.1, -0.05) is 6.08 Å². The Morgan fingerprint density at radius 1 is 1.26 bits per heavy atom. The summed E-state index contributed by atoms with van der Waals surface area (Å²) in [5.74, 6) is 0.114. The van der Waals surface area contributed by atoms with E-state index in [1.54, 1.807) is 32.2 Å². The lowest BCUT2D eigenvalue weighted by molar-refractivity contribution is -0.138. The SMILES string of the molecule is CO[C@@]1(CCC(=O)N(C)C)CCCN(C(=O)/C=C/CN(C)C)C1. The van der Waals surface area contributed by atoms with Gasteiger partial charge < -0.3 is 19.4 Å². The molecule has 0 aliphatic carbocycles. The van der Waals surface area contributed by atoms with E-state index in [1.807, 2.05) is 30.0 Å². The number of piperidine rings is 1. The van der Waals surface area contributed by atoms with Crippen LogP contribution in [0.2, 0.25) is 0 Å². The highest BCUT2D eigenvalue weighted by Crippen LogP contribution is 2.29. The van der Waals surface area contributed by atoms with Gasteiger partial charge in [-0.15, -0.1) is 0 Å². The van der Waals surface area contributed by atoms with Gasteiger partial charge in [-0.05, 0) is 33.4 Å². The molecule has 1 aliphatic heterocycles. The van der Waals surface area contributed by atoms with Gasteiger partial charge in [-0.25, -0.2) is 0 Å². The lowest BCUT2D eigenvalue weighted by Gasteiger charge is -2.41. The number of hydrogen-bond donors (Lipinski definition) is 0. The summed E-state index contributed by atoms with van der Waals surface area (Å²) in [6.45, 7) is 2.04. The van der Waals surface area contributed by atoms with E-state index in [-0.39, 0.29) is 11.8 Å². The average molecular weight is 325 g/mol. The average Bonchev–Trinajstić information content (AvgIpc) is 2.52. The lowest BCUT2D eigenvalue weighted by atomic mass is 9.87. The maximum atomic E-state index is 12.3. The smallest absolute Gasteiger partial charge is 0.246 e. The van der Waals surface area contributed by atoms with Crippen LogP contribution in [0, 0.1) is 0 Å². The van der Waals surface area contributed by atoms with Crippen molar-refractivity contribution in [3.8, 4) is 0 Å². The second-order valence-electron chi connectivity index (χ2n) is 6.70. The van der Waals surface area contributed by atoms with Crippen molar-refractivity contribution < 1.29 is 14.3 Å². The third kappa shape index (κ3) is 6.31. The molecular weight excluding hydrogens is 294 g/mol. The van der Waals surface area contributed by atoms with Gasteiger partial charge in [0.05, 0.1) is 5.60 Å². The number of carbonyl (C=O) groups excluding carboxylic acids is 2. The Labute approximate surface area is 140 Å². The van der Waals surface area contributed by atoms with E-state index >= 15 is 0 Å². The van der Waals surface area contributed by atoms with Crippen LogP contribution in [-0.2, 0) is 14.3 Å². The second-order valence-corrected chi connectivity index (χ2v) is 6.70. The molecule has 0 bridgehead atoms. The minimum atomic E-state index is -0.408. The van der Waals surface area contributed by atoms with Crippen LogP contribution in [-0.4, -0.2) is 87.0 Å². The number of likely N-dealkylation sites (N-methyl/N-ethyl adjacent to an activating group) is 1. The van der Waals surface area contributed by atoms with Gasteiger partial charge in [0.25, 0.3) is 0 Å². The third-order valence-electron chi connectivity index (χ3n) is 4.31. The number of rotatable bonds is 7. The van der Waals surface area contributed by atoms with Crippen molar-refractivity contribution in [1.82, 2.24) is 14.7 Å². The molecule has 1 heterocycles. The van der Waals surface area contributed by atoms with Gasteiger partial charge in [0, 0.05) is 53.3 Å². The van der Waals surface area contributed by atoms with Gasteiger partial charge in [0.1, 0.15) is 0 Å². The summed E-state index contributed by atoms with van der Waals surface area (Å²) in [7, 11) is 9.12. The van der Waals surface area contributed by atoms with E-state index < -0.39 is 5.60 Å². The van der Waals surface area contributed by atoms with E-state index in [1.165, 1.54) is 0 Å². The van der Waals surface area contributed by atoms with E-state index in [2.05, 4.69) is 0 Å². The van der Waals surface area contributed by atoms with Gasteiger partial charge in [0.15, 0.2) is 0 Å². The Morgan fingerprint density at radius 3 is 2.52 bits per heavy atom. The largest absolute Gasteiger partial charge is 0.376 e. The van der Waals surface area contributed by atoms with Crippen LogP contribution in [0.15, 0.2) is 12.2 Å². The highest BCUT2D eigenvalue weighted by Gasteiger charge is 2.37. The second kappa shape index (κ2) is 9.03. The van der Waals surface area contributed by atoms with Crippen molar-refractivity contribution in [2.45, 2.75) is 31.3 Å². The minimum Gasteiger partial charge on any atom is -0.376 e. The zero-order valence-corrected chi connectivity index (χ0v) is 15.2. The first-order valence-corrected chi connectivity index (χ1v) is 8.15. The van der Waals surface area contributed by atoms with Gasteiger partial charge in [-0.3, -0.25) is 9.59 Å². The standard InChI is InChI=1S/C17H31N3O3/c1-18(2)12-6-8-16(22)20-13-7-10-17(14-20,23-5)11-9-15(21)19(3)4/h6,8H,7,9-14H2,1-5H3/b8-6+/t17-/m1/s1. The molecule has 1 saturated heterocycles. The monoisotopic (exact) mass is 325 g/mol. The molecule has 0 aromatic carbocycles. The van der Waals surface area contributed by atoms with Crippen molar-refractivity contribution in [1.29, 1.82) is 0 Å². The molecule has 0 aromatic rings. The summed E-state index contributed by atoms with van der Waals surface area (Å²) in [5.41, 5.74) is -0.408. The predicted molar refractivity (Wildman–Crippen MR) is 91.2 cm³/mol.